The molecule has 5 nitrogen and oxygen atoms in total. The zero-order valence-corrected chi connectivity index (χ0v) is 14.1. The predicted octanol–water partition coefficient (Wildman–Crippen LogP) is 3.52. The normalized spacial score (nSPS) is 10.6. The van der Waals surface area contributed by atoms with Crippen LogP contribution in [-0.4, -0.2) is 22.6 Å². The van der Waals surface area contributed by atoms with Crippen LogP contribution in [0.25, 0.3) is 0 Å². The van der Waals surface area contributed by atoms with Gasteiger partial charge in [-0.2, -0.15) is 0 Å². The van der Waals surface area contributed by atoms with Crippen molar-refractivity contribution in [2.75, 3.05) is 11.9 Å². The molecule has 0 saturated carbocycles. The van der Waals surface area contributed by atoms with Crippen LogP contribution in [0.1, 0.15) is 36.3 Å². The Morgan fingerprint density at radius 1 is 1.17 bits per heavy atom. The van der Waals surface area contributed by atoms with Gasteiger partial charge < -0.3 is 10.6 Å². The van der Waals surface area contributed by atoms with E-state index in [0.717, 1.165) is 18.5 Å². The Balaban J connectivity index is 1.86. The predicted molar refractivity (Wildman–Crippen MR) is 92.6 cm³/mol. The number of carbonyl (C=O) groups excluding carboxylic acids is 1. The molecule has 122 valence electrons. The molecule has 2 N–H and O–H groups in total. The lowest BCUT2D eigenvalue weighted by Crippen LogP contribution is -2.24. The van der Waals surface area contributed by atoms with Crippen molar-refractivity contribution in [3.05, 3.63) is 52.7 Å². The molecule has 1 heterocycles. The number of hydrogen-bond acceptors (Lipinski definition) is 4. The van der Waals surface area contributed by atoms with Crippen molar-refractivity contribution in [2.24, 2.45) is 5.92 Å². The number of hydrogen-bond donors (Lipinski definition) is 2. The van der Waals surface area contributed by atoms with Crippen LogP contribution in [0.15, 0.2) is 36.4 Å². The van der Waals surface area contributed by atoms with Gasteiger partial charge in [0, 0.05) is 18.1 Å². The second-order valence-corrected chi connectivity index (χ2v) is 6.09. The smallest absolute Gasteiger partial charge is 0.272 e. The number of nitrogens with one attached hydrogen (secondary N) is 2. The molecule has 0 saturated heterocycles. The van der Waals surface area contributed by atoms with Gasteiger partial charge in [-0.05, 0) is 36.1 Å². The highest BCUT2D eigenvalue weighted by atomic mass is 35.5. The first-order valence-corrected chi connectivity index (χ1v) is 8.03. The number of benzene rings is 1. The summed E-state index contributed by atoms with van der Waals surface area (Å²) in [6.45, 7) is 5.53. The maximum Gasteiger partial charge on any atom is 0.272 e. The summed E-state index contributed by atoms with van der Waals surface area (Å²) in [4.78, 5) is 12.1. The molecule has 23 heavy (non-hydrogen) atoms. The Bertz CT molecular complexity index is 643. The summed E-state index contributed by atoms with van der Waals surface area (Å²) in [5.41, 5.74) is 1.15. The van der Waals surface area contributed by atoms with E-state index < -0.39 is 0 Å². The van der Waals surface area contributed by atoms with Crippen molar-refractivity contribution in [1.82, 2.24) is 15.5 Å². The van der Waals surface area contributed by atoms with Crippen molar-refractivity contribution >= 4 is 23.3 Å². The molecule has 0 spiro atoms. The van der Waals surface area contributed by atoms with Gasteiger partial charge in [0.05, 0.1) is 0 Å². The van der Waals surface area contributed by atoms with E-state index in [-0.39, 0.29) is 11.6 Å². The van der Waals surface area contributed by atoms with Crippen LogP contribution in [0.5, 0.6) is 0 Å². The average Bonchev–Trinajstić information content (AvgIpc) is 2.54. The maximum absolute atomic E-state index is 12.1. The largest absolute Gasteiger partial charge is 0.369 e. The minimum atomic E-state index is -0.272. The van der Waals surface area contributed by atoms with Crippen LogP contribution in [0.3, 0.4) is 0 Å². The van der Waals surface area contributed by atoms with Gasteiger partial charge in [-0.25, -0.2) is 0 Å². The lowest BCUT2D eigenvalue weighted by Gasteiger charge is -2.08. The molecule has 2 aromatic rings. The Morgan fingerprint density at radius 3 is 2.61 bits per heavy atom. The highest BCUT2D eigenvalue weighted by Gasteiger charge is 2.09. The van der Waals surface area contributed by atoms with Gasteiger partial charge in [-0.15, -0.1) is 10.2 Å². The molecule has 1 amide bonds. The molecule has 0 aliphatic carbocycles. The summed E-state index contributed by atoms with van der Waals surface area (Å²) < 4.78 is 0. The minimum Gasteiger partial charge on any atom is -0.369 e. The second-order valence-electron chi connectivity index (χ2n) is 5.69. The van der Waals surface area contributed by atoms with Gasteiger partial charge >= 0.3 is 0 Å². The van der Waals surface area contributed by atoms with E-state index in [9.17, 15) is 4.79 Å². The van der Waals surface area contributed by atoms with Crippen molar-refractivity contribution in [3.8, 4) is 0 Å². The number of nitrogens with zero attached hydrogens (tertiary/aromatic N) is 2. The Labute approximate surface area is 141 Å². The molecule has 1 aromatic heterocycles. The van der Waals surface area contributed by atoms with E-state index >= 15 is 0 Å². The standard InChI is InChI=1S/C17H21ClN4O/c1-12(2)9-10-19-16-8-7-15(21-22-16)17(23)20-11-13-5-3-4-6-14(13)18/h3-8,12H,9-11H2,1-2H3,(H,19,22)(H,20,23). The first kappa shape index (κ1) is 17.2. The molecule has 0 fully saturated rings. The summed E-state index contributed by atoms with van der Waals surface area (Å²) in [5.74, 6) is 1.03. The topological polar surface area (TPSA) is 66.9 Å². The maximum atomic E-state index is 12.1. The van der Waals surface area contributed by atoms with Crippen molar-refractivity contribution in [2.45, 2.75) is 26.8 Å². The fourth-order valence-electron chi connectivity index (χ4n) is 1.94. The van der Waals surface area contributed by atoms with Crippen molar-refractivity contribution in [1.29, 1.82) is 0 Å². The fraction of sp³-hybridized carbons (Fsp3) is 0.353. The lowest BCUT2D eigenvalue weighted by atomic mass is 10.1. The van der Waals surface area contributed by atoms with E-state index in [0.29, 0.717) is 23.3 Å². The van der Waals surface area contributed by atoms with E-state index in [2.05, 4.69) is 34.7 Å². The average molecular weight is 333 g/mol. The monoisotopic (exact) mass is 332 g/mol. The van der Waals surface area contributed by atoms with Gasteiger partial charge in [0.25, 0.3) is 5.91 Å². The zero-order chi connectivity index (χ0) is 16.7. The number of anilines is 1. The number of rotatable bonds is 7. The molecule has 0 aliphatic rings. The summed E-state index contributed by atoms with van der Waals surface area (Å²) in [6, 6.07) is 10.8. The molecular formula is C17H21ClN4O. The van der Waals surface area contributed by atoms with Crippen molar-refractivity contribution in [3.63, 3.8) is 0 Å². The molecule has 2 rings (SSSR count). The molecular weight excluding hydrogens is 312 g/mol. The number of amides is 1. The summed E-state index contributed by atoms with van der Waals surface area (Å²) in [6.07, 6.45) is 1.06. The molecule has 0 atom stereocenters. The van der Waals surface area contributed by atoms with Crippen LogP contribution in [0.2, 0.25) is 5.02 Å². The van der Waals surface area contributed by atoms with Crippen LogP contribution in [0.4, 0.5) is 5.82 Å². The third kappa shape index (κ3) is 5.53. The van der Waals surface area contributed by atoms with Crippen LogP contribution in [0, 0.1) is 5.92 Å². The van der Waals surface area contributed by atoms with E-state index in [1.807, 2.05) is 18.2 Å². The molecule has 0 unspecified atom stereocenters. The summed E-state index contributed by atoms with van der Waals surface area (Å²) >= 11 is 6.06. The van der Waals surface area contributed by atoms with Crippen molar-refractivity contribution < 1.29 is 4.79 Å². The Hall–Kier alpha value is -2.14. The molecule has 0 bridgehead atoms. The second kappa shape index (κ2) is 8.48. The minimum absolute atomic E-state index is 0.272. The van der Waals surface area contributed by atoms with Gasteiger partial charge in [0.1, 0.15) is 5.82 Å². The third-order valence-corrected chi connectivity index (χ3v) is 3.69. The molecule has 0 radical (unpaired) electrons. The number of aromatic nitrogens is 2. The van der Waals surface area contributed by atoms with E-state index in [1.54, 1.807) is 18.2 Å². The zero-order valence-electron chi connectivity index (χ0n) is 13.3. The van der Waals surface area contributed by atoms with Crippen LogP contribution in [-0.2, 0) is 6.54 Å². The highest BCUT2D eigenvalue weighted by molar-refractivity contribution is 6.31. The fourth-order valence-corrected chi connectivity index (χ4v) is 2.15. The van der Waals surface area contributed by atoms with Crippen LogP contribution < -0.4 is 10.6 Å². The van der Waals surface area contributed by atoms with Gasteiger partial charge in [0.15, 0.2) is 5.69 Å². The third-order valence-electron chi connectivity index (χ3n) is 3.32. The van der Waals surface area contributed by atoms with Gasteiger partial charge in [-0.1, -0.05) is 43.6 Å². The first-order valence-electron chi connectivity index (χ1n) is 7.65. The summed E-state index contributed by atoms with van der Waals surface area (Å²) in [7, 11) is 0. The quantitative estimate of drug-likeness (QED) is 0.814. The first-order chi connectivity index (χ1) is 11.1. The summed E-state index contributed by atoms with van der Waals surface area (Å²) in [5, 5.41) is 14.6. The molecule has 6 heteroatoms. The molecule has 1 aromatic carbocycles. The number of carbonyl (C=O) groups is 1. The number of halogens is 1. The van der Waals surface area contributed by atoms with E-state index in [4.69, 9.17) is 11.6 Å². The van der Waals surface area contributed by atoms with Gasteiger partial charge in [0.2, 0.25) is 0 Å². The molecule has 0 aliphatic heterocycles. The van der Waals surface area contributed by atoms with E-state index in [1.165, 1.54) is 0 Å². The Kier molecular flexibility index (Phi) is 6.35. The van der Waals surface area contributed by atoms with Gasteiger partial charge in [-0.3, -0.25) is 4.79 Å². The Morgan fingerprint density at radius 2 is 1.96 bits per heavy atom. The lowest BCUT2D eigenvalue weighted by molar-refractivity contribution is 0.0945. The van der Waals surface area contributed by atoms with Crippen LogP contribution >= 0.6 is 11.6 Å². The highest BCUT2D eigenvalue weighted by Crippen LogP contribution is 2.14. The SMILES string of the molecule is CC(C)CCNc1ccc(C(=O)NCc2ccccc2Cl)nn1.